The highest BCUT2D eigenvalue weighted by Crippen LogP contribution is 2.38. The number of fused-ring (bicyclic) bond motifs is 2. The van der Waals surface area contributed by atoms with Crippen LogP contribution in [0.5, 0.6) is 11.5 Å². The molecule has 4 nitrogen and oxygen atoms in total. The fourth-order valence-electron chi connectivity index (χ4n) is 3.06. The van der Waals surface area contributed by atoms with Crippen LogP contribution in [-0.2, 0) is 0 Å². The summed E-state index contributed by atoms with van der Waals surface area (Å²) in [6, 6.07) is 6.10. The van der Waals surface area contributed by atoms with Crippen molar-refractivity contribution in [2.45, 2.75) is 18.2 Å². The maximum Gasteiger partial charge on any atom is 0.162 e. The van der Waals surface area contributed by atoms with Crippen molar-refractivity contribution in [1.82, 2.24) is 4.98 Å². The molecule has 1 fully saturated rings. The van der Waals surface area contributed by atoms with Gasteiger partial charge in [-0.2, -0.15) is 0 Å². The Kier molecular flexibility index (Phi) is 3.26. The maximum absolute atomic E-state index is 6.31. The van der Waals surface area contributed by atoms with E-state index in [-0.39, 0.29) is 5.38 Å². The fourth-order valence-corrected chi connectivity index (χ4v) is 3.38. The number of benzene rings is 1. The lowest BCUT2D eigenvalue weighted by Crippen LogP contribution is -2.36. The Bertz CT molecular complexity index is 677. The zero-order chi connectivity index (χ0) is 14.2. The van der Waals surface area contributed by atoms with Crippen molar-refractivity contribution >= 4 is 28.2 Å². The van der Waals surface area contributed by atoms with Gasteiger partial charge in [-0.05, 0) is 36.4 Å². The number of aromatic nitrogens is 1. The second kappa shape index (κ2) is 5.26. The number of anilines is 1. The Balaban J connectivity index is 1.81. The molecule has 5 heteroatoms. The van der Waals surface area contributed by atoms with E-state index in [0.717, 1.165) is 54.0 Å². The number of halogens is 1. The lowest BCUT2D eigenvalue weighted by molar-refractivity contribution is 0.172. The van der Waals surface area contributed by atoms with Crippen LogP contribution in [0.2, 0.25) is 0 Å². The Morgan fingerprint density at radius 2 is 2.00 bits per heavy atom. The van der Waals surface area contributed by atoms with Gasteiger partial charge in [0.25, 0.3) is 0 Å². The number of alkyl halides is 1. The smallest absolute Gasteiger partial charge is 0.162 e. The van der Waals surface area contributed by atoms with Crippen LogP contribution in [0.25, 0.3) is 10.8 Å². The van der Waals surface area contributed by atoms with Crippen LogP contribution in [-0.4, -0.2) is 36.7 Å². The summed E-state index contributed by atoms with van der Waals surface area (Å²) in [5, 5.41) is 2.43. The fraction of sp³-hybridized carbons (Fsp3) is 0.438. The summed E-state index contributed by atoms with van der Waals surface area (Å²) in [6.45, 7) is 3.06. The maximum atomic E-state index is 6.31. The minimum absolute atomic E-state index is 0.202. The van der Waals surface area contributed by atoms with Gasteiger partial charge in [-0.1, -0.05) is 0 Å². The Morgan fingerprint density at radius 3 is 2.81 bits per heavy atom. The molecule has 0 bridgehead atoms. The monoisotopic (exact) mass is 304 g/mol. The molecule has 0 aliphatic carbocycles. The number of ether oxygens (including phenoxy) is 2. The van der Waals surface area contributed by atoms with Crippen LogP contribution in [0.3, 0.4) is 0 Å². The molecule has 1 saturated heterocycles. The van der Waals surface area contributed by atoms with Gasteiger partial charge in [-0.3, -0.25) is 0 Å². The number of hydrogen-bond acceptors (Lipinski definition) is 4. The minimum atomic E-state index is 0.202. The number of nitrogens with zero attached hydrogens (tertiary/aromatic N) is 2. The lowest BCUT2D eigenvalue weighted by atomic mass is 10.1. The zero-order valence-electron chi connectivity index (χ0n) is 11.7. The van der Waals surface area contributed by atoms with E-state index in [4.69, 9.17) is 21.1 Å². The molecular formula is C16H17ClN2O2. The highest BCUT2D eigenvalue weighted by molar-refractivity contribution is 6.21. The standard InChI is InChI=1S/C16H17ClN2O2/c17-12-2-1-5-19(10-12)16-13-9-15-14(20-6-7-21-15)8-11(13)3-4-18-16/h3-4,8-9,12H,1-2,5-7,10H2. The third-order valence-corrected chi connectivity index (χ3v) is 4.43. The van der Waals surface area contributed by atoms with Gasteiger partial charge in [-0.15, -0.1) is 11.6 Å². The van der Waals surface area contributed by atoms with Gasteiger partial charge in [0.2, 0.25) is 0 Å². The summed E-state index contributed by atoms with van der Waals surface area (Å²) in [7, 11) is 0. The molecule has 1 aromatic heterocycles. The number of rotatable bonds is 1. The van der Waals surface area contributed by atoms with Crippen LogP contribution < -0.4 is 14.4 Å². The van der Waals surface area contributed by atoms with Crippen LogP contribution in [0, 0.1) is 0 Å². The molecular weight excluding hydrogens is 288 g/mol. The quantitative estimate of drug-likeness (QED) is 0.758. The predicted molar refractivity (Wildman–Crippen MR) is 83.8 cm³/mol. The summed E-state index contributed by atoms with van der Waals surface area (Å²) in [5.41, 5.74) is 0. The molecule has 0 spiro atoms. The molecule has 0 saturated carbocycles. The largest absolute Gasteiger partial charge is 0.486 e. The van der Waals surface area contributed by atoms with Crippen LogP contribution in [0.1, 0.15) is 12.8 Å². The first-order chi connectivity index (χ1) is 10.3. The van der Waals surface area contributed by atoms with E-state index >= 15 is 0 Å². The highest BCUT2D eigenvalue weighted by Gasteiger charge is 2.22. The molecule has 0 radical (unpaired) electrons. The molecule has 110 valence electrons. The van der Waals surface area contributed by atoms with E-state index in [1.165, 1.54) is 0 Å². The molecule has 2 aliphatic heterocycles. The van der Waals surface area contributed by atoms with Crippen molar-refractivity contribution < 1.29 is 9.47 Å². The van der Waals surface area contributed by atoms with Gasteiger partial charge in [0.15, 0.2) is 11.5 Å². The average Bonchev–Trinajstić information content (AvgIpc) is 2.52. The third-order valence-electron chi connectivity index (χ3n) is 4.07. The normalized spacial score (nSPS) is 21.6. The number of pyridine rings is 1. The lowest BCUT2D eigenvalue weighted by Gasteiger charge is -2.31. The van der Waals surface area contributed by atoms with Crippen LogP contribution >= 0.6 is 11.6 Å². The van der Waals surface area contributed by atoms with Gasteiger partial charge in [0, 0.05) is 24.7 Å². The molecule has 0 amide bonds. The Hall–Kier alpha value is -1.68. The SMILES string of the molecule is ClC1CCCN(c2nccc3cc4c(cc23)OCCO4)C1. The summed E-state index contributed by atoms with van der Waals surface area (Å²) in [4.78, 5) is 6.86. The zero-order valence-corrected chi connectivity index (χ0v) is 12.5. The van der Waals surface area contributed by atoms with E-state index in [0.29, 0.717) is 13.2 Å². The number of piperidine rings is 1. The molecule has 1 atom stereocenters. The minimum Gasteiger partial charge on any atom is -0.486 e. The van der Waals surface area contributed by atoms with Crippen molar-refractivity contribution in [2.75, 3.05) is 31.2 Å². The molecule has 4 rings (SSSR count). The molecule has 0 N–H and O–H groups in total. The second-order valence-corrected chi connectivity index (χ2v) is 6.15. The highest BCUT2D eigenvalue weighted by atomic mass is 35.5. The Labute approximate surface area is 128 Å². The van der Waals surface area contributed by atoms with Crippen molar-refractivity contribution in [3.05, 3.63) is 24.4 Å². The number of hydrogen-bond donors (Lipinski definition) is 0. The van der Waals surface area contributed by atoms with Gasteiger partial charge in [0.1, 0.15) is 19.0 Å². The molecule has 1 aromatic carbocycles. The van der Waals surface area contributed by atoms with E-state index in [1.54, 1.807) is 0 Å². The first kappa shape index (κ1) is 13.0. The van der Waals surface area contributed by atoms with Crippen molar-refractivity contribution in [1.29, 1.82) is 0 Å². The molecule has 3 heterocycles. The predicted octanol–water partition coefficient (Wildman–Crippen LogP) is 3.21. The molecule has 2 aromatic rings. The van der Waals surface area contributed by atoms with E-state index < -0.39 is 0 Å². The summed E-state index contributed by atoms with van der Waals surface area (Å²) in [5.74, 6) is 2.62. The Morgan fingerprint density at radius 1 is 1.19 bits per heavy atom. The van der Waals surface area contributed by atoms with E-state index in [9.17, 15) is 0 Å². The van der Waals surface area contributed by atoms with Crippen LogP contribution in [0.15, 0.2) is 24.4 Å². The van der Waals surface area contributed by atoms with Crippen LogP contribution in [0.4, 0.5) is 5.82 Å². The van der Waals surface area contributed by atoms with Gasteiger partial charge >= 0.3 is 0 Å². The topological polar surface area (TPSA) is 34.6 Å². The summed E-state index contributed by atoms with van der Waals surface area (Å²) >= 11 is 6.31. The van der Waals surface area contributed by atoms with Gasteiger partial charge in [-0.25, -0.2) is 4.98 Å². The first-order valence-corrected chi connectivity index (χ1v) is 7.82. The second-order valence-electron chi connectivity index (χ2n) is 5.54. The van der Waals surface area contributed by atoms with Gasteiger partial charge in [0.05, 0.1) is 5.38 Å². The van der Waals surface area contributed by atoms with Crippen molar-refractivity contribution in [3.63, 3.8) is 0 Å². The van der Waals surface area contributed by atoms with Gasteiger partial charge < -0.3 is 14.4 Å². The van der Waals surface area contributed by atoms with E-state index in [1.807, 2.05) is 24.4 Å². The van der Waals surface area contributed by atoms with Crippen molar-refractivity contribution in [3.8, 4) is 11.5 Å². The molecule has 2 aliphatic rings. The summed E-state index contributed by atoms with van der Waals surface area (Å²) < 4.78 is 11.4. The third kappa shape index (κ3) is 2.38. The van der Waals surface area contributed by atoms with Crippen molar-refractivity contribution in [2.24, 2.45) is 0 Å². The molecule has 1 unspecified atom stereocenters. The summed E-state index contributed by atoms with van der Waals surface area (Å²) in [6.07, 6.45) is 4.04. The average molecular weight is 305 g/mol. The van der Waals surface area contributed by atoms with E-state index in [2.05, 4.69) is 9.88 Å². The molecule has 21 heavy (non-hydrogen) atoms. The first-order valence-electron chi connectivity index (χ1n) is 7.38.